The highest BCUT2D eigenvalue weighted by molar-refractivity contribution is 7.14. The van der Waals surface area contributed by atoms with Crippen molar-refractivity contribution >= 4 is 40.2 Å². The number of aromatic nitrogens is 2. The number of pyridine rings is 1. The van der Waals surface area contributed by atoms with Crippen molar-refractivity contribution in [1.82, 2.24) is 15.0 Å². The largest absolute Gasteiger partial charge is 0.306 e. The standard InChI is InChI=1S/C19H17N5O3S/c1-14(25)24(16-7-3-2-4-8-16)19-21-15(13-28-19)11-20-22-17(26)12-23-10-6-5-9-18(23)27/h2-11,13H,12H2,1H3,(H,22,26)/b20-11-. The van der Waals surface area contributed by atoms with Crippen molar-refractivity contribution in [3.05, 3.63) is 76.2 Å². The Morgan fingerprint density at radius 2 is 1.96 bits per heavy atom. The molecule has 2 amide bonds. The van der Waals surface area contributed by atoms with Crippen LogP contribution in [0.3, 0.4) is 0 Å². The van der Waals surface area contributed by atoms with E-state index in [-0.39, 0.29) is 18.0 Å². The van der Waals surface area contributed by atoms with Crippen LogP contribution in [0.2, 0.25) is 0 Å². The van der Waals surface area contributed by atoms with Crippen LogP contribution in [-0.4, -0.2) is 27.6 Å². The van der Waals surface area contributed by atoms with Crippen LogP contribution in [0, 0.1) is 0 Å². The van der Waals surface area contributed by atoms with Crippen LogP contribution in [0.1, 0.15) is 12.6 Å². The Morgan fingerprint density at radius 3 is 2.68 bits per heavy atom. The normalized spacial score (nSPS) is 10.8. The monoisotopic (exact) mass is 395 g/mol. The molecule has 3 aromatic rings. The number of hydrazone groups is 1. The number of carbonyl (C=O) groups excluding carboxylic acids is 2. The zero-order chi connectivity index (χ0) is 19.9. The van der Waals surface area contributed by atoms with Gasteiger partial charge in [-0.15, -0.1) is 11.3 Å². The number of hydrogen-bond acceptors (Lipinski definition) is 6. The predicted octanol–water partition coefficient (Wildman–Crippen LogP) is 2.14. The summed E-state index contributed by atoms with van der Waals surface area (Å²) in [5, 5.41) is 6.09. The summed E-state index contributed by atoms with van der Waals surface area (Å²) in [6, 6.07) is 13.8. The first kappa shape index (κ1) is 19.2. The fourth-order valence-corrected chi connectivity index (χ4v) is 3.23. The first-order valence-electron chi connectivity index (χ1n) is 8.33. The highest BCUT2D eigenvalue weighted by Gasteiger charge is 2.17. The third kappa shape index (κ3) is 4.77. The second kappa shape index (κ2) is 8.87. The molecule has 0 bridgehead atoms. The molecule has 3 rings (SSSR count). The van der Waals surface area contributed by atoms with Crippen molar-refractivity contribution in [1.29, 1.82) is 0 Å². The molecule has 0 radical (unpaired) electrons. The molecule has 9 heteroatoms. The molecule has 8 nitrogen and oxygen atoms in total. The van der Waals surface area contributed by atoms with Crippen molar-refractivity contribution in [2.75, 3.05) is 4.90 Å². The van der Waals surface area contributed by atoms with Gasteiger partial charge in [-0.3, -0.25) is 19.3 Å². The van der Waals surface area contributed by atoms with Gasteiger partial charge in [-0.1, -0.05) is 24.3 Å². The van der Waals surface area contributed by atoms with Gasteiger partial charge in [-0.25, -0.2) is 10.4 Å². The molecule has 0 fully saturated rings. The summed E-state index contributed by atoms with van der Waals surface area (Å²) in [5.41, 5.74) is 3.30. The highest BCUT2D eigenvalue weighted by atomic mass is 32.1. The Balaban J connectivity index is 1.65. The molecule has 28 heavy (non-hydrogen) atoms. The van der Waals surface area contributed by atoms with E-state index in [0.717, 1.165) is 5.69 Å². The lowest BCUT2D eigenvalue weighted by atomic mass is 10.3. The third-order valence-electron chi connectivity index (χ3n) is 3.63. The minimum absolute atomic E-state index is 0.133. The summed E-state index contributed by atoms with van der Waals surface area (Å²) >= 11 is 1.29. The lowest BCUT2D eigenvalue weighted by Crippen LogP contribution is -2.29. The first-order valence-corrected chi connectivity index (χ1v) is 9.21. The summed E-state index contributed by atoms with van der Waals surface area (Å²) in [7, 11) is 0. The molecule has 0 unspecified atom stereocenters. The summed E-state index contributed by atoms with van der Waals surface area (Å²) in [5.74, 6) is -0.597. The summed E-state index contributed by atoms with van der Waals surface area (Å²) < 4.78 is 1.27. The zero-order valence-electron chi connectivity index (χ0n) is 15.0. The minimum atomic E-state index is -0.436. The van der Waals surface area contributed by atoms with Gasteiger partial charge in [0.1, 0.15) is 6.54 Å². The smallest absolute Gasteiger partial charge is 0.260 e. The number of hydrogen-bond donors (Lipinski definition) is 1. The number of thiazole rings is 1. The highest BCUT2D eigenvalue weighted by Crippen LogP contribution is 2.28. The second-order valence-corrected chi connectivity index (χ2v) is 6.54. The van der Waals surface area contributed by atoms with E-state index >= 15 is 0 Å². The number of benzene rings is 1. The van der Waals surface area contributed by atoms with Crippen LogP contribution in [0.4, 0.5) is 10.8 Å². The number of amides is 2. The quantitative estimate of drug-likeness (QED) is 0.511. The molecule has 1 aromatic carbocycles. The van der Waals surface area contributed by atoms with Crippen molar-refractivity contribution in [2.45, 2.75) is 13.5 Å². The van der Waals surface area contributed by atoms with Crippen molar-refractivity contribution < 1.29 is 9.59 Å². The molecule has 0 aliphatic heterocycles. The minimum Gasteiger partial charge on any atom is -0.306 e. The van der Waals surface area contributed by atoms with E-state index in [4.69, 9.17) is 0 Å². The Bertz CT molecular complexity index is 1060. The van der Waals surface area contributed by atoms with Crippen molar-refractivity contribution in [3.8, 4) is 0 Å². The van der Waals surface area contributed by atoms with E-state index in [2.05, 4.69) is 15.5 Å². The maximum absolute atomic E-state index is 12.0. The molecule has 0 saturated carbocycles. The van der Waals surface area contributed by atoms with E-state index < -0.39 is 5.91 Å². The number of rotatable bonds is 6. The number of nitrogens with one attached hydrogen (secondary N) is 1. The topological polar surface area (TPSA) is 96.7 Å². The van der Waals surface area contributed by atoms with Gasteiger partial charge in [0, 0.05) is 24.6 Å². The first-order chi connectivity index (χ1) is 13.5. The van der Waals surface area contributed by atoms with E-state index in [1.165, 1.54) is 46.2 Å². The van der Waals surface area contributed by atoms with Gasteiger partial charge in [-0.2, -0.15) is 5.10 Å². The van der Waals surface area contributed by atoms with Gasteiger partial charge in [0.15, 0.2) is 5.13 Å². The van der Waals surface area contributed by atoms with Gasteiger partial charge in [0.25, 0.3) is 11.5 Å². The molecule has 2 heterocycles. The lowest BCUT2D eigenvalue weighted by Gasteiger charge is -2.17. The molecule has 0 saturated heterocycles. The van der Waals surface area contributed by atoms with Gasteiger partial charge in [0.05, 0.1) is 17.6 Å². The van der Waals surface area contributed by atoms with Crippen LogP contribution in [-0.2, 0) is 16.1 Å². The second-order valence-electron chi connectivity index (χ2n) is 5.70. The van der Waals surface area contributed by atoms with E-state index in [0.29, 0.717) is 10.8 Å². The molecule has 142 valence electrons. The van der Waals surface area contributed by atoms with E-state index in [9.17, 15) is 14.4 Å². The van der Waals surface area contributed by atoms with Crippen LogP contribution >= 0.6 is 11.3 Å². The Labute approximate surface area is 164 Å². The molecular formula is C19H17N5O3S. The van der Waals surface area contributed by atoms with Gasteiger partial charge in [0.2, 0.25) is 5.91 Å². The number of carbonyl (C=O) groups is 2. The van der Waals surface area contributed by atoms with Crippen LogP contribution in [0.5, 0.6) is 0 Å². The van der Waals surface area contributed by atoms with E-state index in [1.54, 1.807) is 17.5 Å². The molecule has 1 N–H and O–H groups in total. The average molecular weight is 395 g/mol. The number of nitrogens with zero attached hydrogens (tertiary/aromatic N) is 4. The molecule has 2 aromatic heterocycles. The van der Waals surface area contributed by atoms with Gasteiger partial charge in [-0.05, 0) is 18.2 Å². The Morgan fingerprint density at radius 1 is 1.21 bits per heavy atom. The molecule has 0 atom stereocenters. The Hall–Kier alpha value is -3.59. The lowest BCUT2D eigenvalue weighted by molar-refractivity contribution is -0.121. The summed E-state index contributed by atoms with van der Waals surface area (Å²) in [6.07, 6.45) is 2.91. The molecule has 0 aliphatic rings. The predicted molar refractivity (Wildman–Crippen MR) is 108 cm³/mol. The molecule has 0 spiro atoms. The maximum Gasteiger partial charge on any atom is 0.260 e. The maximum atomic E-state index is 12.0. The summed E-state index contributed by atoms with van der Waals surface area (Å²) in [6.45, 7) is 1.33. The van der Waals surface area contributed by atoms with Crippen LogP contribution in [0.15, 0.2) is 70.0 Å². The zero-order valence-corrected chi connectivity index (χ0v) is 15.8. The van der Waals surface area contributed by atoms with Crippen molar-refractivity contribution in [3.63, 3.8) is 0 Å². The average Bonchev–Trinajstić information content (AvgIpc) is 3.12. The number of anilines is 2. The SMILES string of the molecule is CC(=O)N(c1ccccc1)c1nc(/C=N\NC(=O)Cn2ccccc2=O)cs1. The third-order valence-corrected chi connectivity index (χ3v) is 4.47. The van der Waals surface area contributed by atoms with E-state index in [1.807, 2.05) is 30.3 Å². The van der Waals surface area contributed by atoms with Crippen LogP contribution < -0.4 is 15.9 Å². The fraction of sp³-hybridized carbons (Fsp3) is 0.105. The number of para-hydroxylation sites is 1. The molecular weight excluding hydrogens is 378 g/mol. The van der Waals surface area contributed by atoms with Gasteiger partial charge >= 0.3 is 0 Å². The Kier molecular flexibility index (Phi) is 6.07. The van der Waals surface area contributed by atoms with Gasteiger partial charge < -0.3 is 4.57 Å². The fourth-order valence-electron chi connectivity index (χ4n) is 2.39. The summed E-state index contributed by atoms with van der Waals surface area (Å²) in [4.78, 5) is 41.4. The van der Waals surface area contributed by atoms with Crippen LogP contribution in [0.25, 0.3) is 0 Å². The molecule has 0 aliphatic carbocycles. The van der Waals surface area contributed by atoms with Crippen molar-refractivity contribution in [2.24, 2.45) is 5.10 Å².